The number of hydrogen-bond acceptors (Lipinski definition) is 1. The van der Waals surface area contributed by atoms with Crippen molar-refractivity contribution in [2.24, 2.45) is 11.3 Å². The monoisotopic (exact) mass is 162 g/mol. The molecule has 0 bridgehead atoms. The highest BCUT2D eigenvalue weighted by Crippen LogP contribution is 2.41. The van der Waals surface area contributed by atoms with E-state index in [1.54, 1.807) is 0 Å². The van der Waals surface area contributed by atoms with Crippen LogP contribution >= 0.6 is 0 Å². The Hall–Kier alpha value is -0.980. The van der Waals surface area contributed by atoms with E-state index in [2.05, 4.69) is 32.1 Å². The fourth-order valence-corrected chi connectivity index (χ4v) is 1.73. The van der Waals surface area contributed by atoms with E-state index < -0.39 is 0 Å². The van der Waals surface area contributed by atoms with Crippen LogP contribution in [0, 0.1) is 11.3 Å². The van der Waals surface area contributed by atoms with Crippen LogP contribution in [-0.2, 0) is 4.74 Å². The highest BCUT2D eigenvalue weighted by atomic mass is 16.5. The van der Waals surface area contributed by atoms with Gasteiger partial charge in [-0.15, -0.1) is 0 Å². The molecule has 0 aromatic heterocycles. The van der Waals surface area contributed by atoms with E-state index in [1.807, 2.05) is 12.2 Å². The average molecular weight is 162 g/mol. The Morgan fingerprint density at radius 1 is 1.33 bits per heavy atom. The van der Waals surface area contributed by atoms with Crippen molar-refractivity contribution in [2.75, 3.05) is 6.61 Å². The lowest BCUT2D eigenvalue weighted by Gasteiger charge is -2.19. The zero-order valence-electron chi connectivity index (χ0n) is 7.58. The molecule has 0 radical (unpaired) electrons. The van der Waals surface area contributed by atoms with Crippen molar-refractivity contribution in [3.05, 3.63) is 36.1 Å². The van der Waals surface area contributed by atoms with Crippen LogP contribution in [0.4, 0.5) is 0 Å². The molecule has 0 saturated carbocycles. The van der Waals surface area contributed by atoms with Gasteiger partial charge in [-0.05, 0) is 6.08 Å². The lowest BCUT2D eigenvalue weighted by Crippen LogP contribution is -2.19. The van der Waals surface area contributed by atoms with E-state index in [4.69, 9.17) is 4.74 Å². The first-order chi connectivity index (χ1) is 5.70. The summed E-state index contributed by atoms with van der Waals surface area (Å²) in [6.07, 6.45) is 10.5. The largest absolute Gasteiger partial charge is 0.497 e. The van der Waals surface area contributed by atoms with Gasteiger partial charge >= 0.3 is 0 Å². The lowest BCUT2D eigenvalue weighted by molar-refractivity contribution is 0.203. The molecule has 64 valence electrons. The van der Waals surface area contributed by atoms with E-state index in [9.17, 15) is 0 Å². The summed E-state index contributed by atoms with van der Waals surface area (Å²) in [6, 6.07) is 0. The summed E-state index contributed by atoms with van der Waals surface area (Å²) in [5.74, 6) is 1.58. The SMILES string of the molecule is CC1(C)COC2=CC=CC=CC21. The Morgan fingerprint density at radius 2 is 2.17 bits per heavy atom. The molecule has 1 heterocycles. The minimum atomic E-state index is 0.258. The van der Waals surface area contributed by atoms with E-state index in [1.165, 1.54) is 0 Å². The Kier molecular flexibility index (Phi) is 1.60. The van der Waals surface area contributed by atoms with Gasteiger partial charge in [-0.1, -0.05) is 38.2 Å². The summed E-state index contributed by atoms with van der Waals surface area (Å²) in [5.41, 5.74) is 0.258. The zero-order chi connectivity index (χ0) is 8.60. The van der Waals surface area contributed by atoms with Crippen LogP contribution in [0.25, 0.3) is 0 Å². The fourth-order valence-electron chi connectivity index (χ4n) is 1.73. The van der Waals surface area contributed by atoms with Crippen molar-refractivity contribution in [2.45, 2.75) is 13.8 Å². The summed E-state index contributed by atoms with van der Waals surface area (Å²) < 4.78 is 5.61. The summed E-state index contributed by atoms with van der Waals surface area (Å²) in [7, 11) is 0. The van der Waals surface area contributed by atoms with Gasteiger partial charge in [0, 0.05) is 11.3 Å². The molecular weight excluding hydrogens is 148 g/mol. The molecule has 0 aromatic carbocycles. The molecule has 1 fully saturated rings. The first-order valence-electron chi connectivity index (χ1n) is 4.38. The number of ether oxygens (including phenoxy) is 1. The molecule has 0 spiro atoms. The third-order valence-electron chi connectivity index (χ3n) is 2.55. The number of fused-ring (bicyclic) bond motifs is 1. The van der Waals surface area contributed by atoms with Crippen molar-refractivity contribution in [1.82, 2.24) is 0 Å². The average Bonchev–Trinajstić information content (AvgIpc) is 2.27. The topological polar surface area (TPSA) is 9.23 Å². The van der Waals surface area contributed by atoms with E-state index >= 15 is 0 Å². The van der Waals surface area contributed by atoms with Gasteiger partial charge in [0.25, 0.3) is 0 Å². The third kappa shape index (κ3) is 1.09. The van der Waals surface area contributed by atoms with Crippen LogP contribution in [0.5, 0.6) is 0 Å². The predicted molar refractivity (Wildman–Crippen MR) is 49.6 cm³/mol. The van der Waals surface area contributed by atoms with Crippen LogP contribution in [0.15, 0.2) is 36.1 Å². The minimum absolute atomic E-state index is 0.258. The van der Waals surface area contributed by atoms with Crippen molar-refractivity contribution in [3.63, 3.8) is 0 Å². The Labute approximate surface area is 73.4 Å². The molecule has 0 aromatic rings. The zero-order valence-corrected chi connectivity index (χ0v) is 7.58. The molecule has 1 aliphatic carbocycles. The quantitative estimate of drug-likeness (QED) is 0.532. The fraction of sp³-hybridized carbons (Fsp3) is 0.455. The number of allylic oxidation sites excluding steroid dienone is 5. The van der Waals surface area contributed by atoms with Gasteiger partial charge < -0.3 is 4.74 Å². The van der Waals surface area contributed by atoms with Crippen LogP contribution in [0.2, 0.25) is 0 Å². The molecule has 1 saturated heterocycles. The van der Waals surface area contributed by atoms with E-state index in [0.29, 0.717) is 5.92 Å². The van der Waals surface area contributed by atoms with Gasteiger partial charge in [0.05, 0.1) is 6.61 Å². The molecule has 1 aliphatic heterocycles. The number of rotatable bonds is 0. The maximum absolute atomic E-state index is 5.61. The van der Waals surface area contributed by atoms with Gasteiger partial charge in [-0.3, -0.25) is 0 Å². The van der Waals surface area contributed by atoms with Crippen molar-refractivity contribution in [1.29, 1.82) is 0 Å². The summed E-state index contributed by atoms with van der Waals surface area (Å²) >= 11 is 0. The van der Waals surface area contributed by atoms with Gasteiger partial charge in [0.1, 0.15) is 5.76 Å². The summed E-state index contributed by atoms with van der Waals surface area (Å²) in [4.78, 5) is 0. The van der Waals surface area contributed by atoms with E-state index in [0.717, 1.165) is 12.4 Å². The van der Waals surface area contributed by atoms with Crippen molar-refractivity contribution < 1.29 is 4.74 Å². The normalized spacial score (nSPS) is 30.5. The van der Waals surface area contributed by atoms with Gasteiger partial charge in [-0.25, -0.2) is 0 Å². The second-order valence-electron chi connectivity index (χ2n) is 4.09. The van der Waals surface area contributed by atoms with Crippen LogP contribution in [0.3, 0.4) is 0 Å². The predicted octanol–water partition coefficient (Wildman–Crippen LogP) is 2.67. The summed E-state index contributed by atoms with van der Waals surface area (Å²) in [5, 5.41) is 0. The Morgan fingerprint density at radius 3 is 3.00 bits per heavy atom. The highest BCUT2D eigenvalue weighted by molar-refractivity contribution is 5.27. The molecule has 0 N–H and O–H groups in total. The Bertz CT molecular complexity index is 269. The van der Waals surface area contributed by atoms with Crippen LogP contribution < -0.4 is 0 Å². The second-order valence-corrected chi connectivity index (χ2v) is 4.09. The minimum Gasteiger partial charge on any atom is -0.497 e. The molecule has 12 heavy (non-hydrogen) atoms. The van der Waals surface area contributed by atoms with Crippen molar-refractivity contribution >= 4 is 0 Å². The highest BCUT2D eigenvalue weighted by Gasteiger charge is 2.38. The lowest BCUT2D eigenvalue weighted by atomic mass is 9.80. The molecule has 1 nitrogen and oxygen atoms in total. The first kappa shape index (κ1) is 7.66. The Balaban J connectivity index is 2.36. The maximum atomic E-state index is 5.61. The molecule has 1 atom stereocenters. The first-order valence-corrected chi connectivity index (χ1v) is 4.38. The van der Waals surface area contributed by atoms with E-state index in [-0.39, 0.29) is 5.41 Å². The maximum Gasteiger partial charge on any atom is 0.103 e. The third-order valence-corrected chi connectivity index (χ3v) is 2.55. The molecule has 0 amide bonds. The molecule has 1 unspecified atom stereocenters. The summed E-state index contributed by atoms with van der Waals surface area (Å²) in [6.45, 7) is 5.32. The molecule has 1 heteroatoms. The molecule has 2 aliphatic rings. The smallest absolute Gasteiger partial charge is 0.103 e. The van der Waals surface area contributed by atoms with Gasteiger partial charge in [0.2, 0.25) is 0 Å². The van der Waals surface area contributed by atoms with Gasteiger partial charge in [0.15, 0.2) is 0 Å². The van der Waals surface area contributed by atoms with Crippen LogP contribution in [0.1, 0.15) is 13.8 Å². The number of hydrogen-bond donors (Lipinski definition) is 0. The van der Waals surface area contributed by atoms with Crippen molar-refractivity contribution in [3.8, 4) is 0 Å². The van der Waals surface area contributed by atoms with Crippen LogP contribution in [-0.4, -0.2) is 6.61 Å². The molecule has 2 rings (SSSR count). The molecular formula is C11H14O. The second kappa shape index (κ2) is 2.51. The standard InChI is InChI=1S/C11H14O/c1-11(2)8-12-10-7-5-3-4-6-9(10)11/h3-7,9H,8H2,1-2H3. The van der Waals surface area contributed by atoms with Gasteiger partial charge in [-0.2, -0.15) is 0 Å².